The summed E-state index contributed by atoms with van der Waals surface area (Å²) in [5.41, 5.74) is 36.3. The Morgan fingerprint density at radius 3 is 1.14 bits per heavy atom. The molecular formula is C121H76N4O2. The van der Waals surface area contributed by atoms with Crippen molar-refractivity contribution in [3.05, 3.63) is 466 Å². The molecule has 0 aliphatic heterocycles. The second kappa shape index (κ2) is 28.9. The van der Waals surface area contributed by atoms with E-state index in [-0.39, 0.29) is 0 Å². The first kappa shape index (κ1) is 71.9. The molecule has 0 amide bonds. The number of rotatable bonds is 15. The molecule has 0 saturated heterocycles. The van der Waals surface area contributed by atoms with Crippen LogP contribution >= 0.6 is 0 Å². The van der Waals surface area contributed by atoms with Crippen molar-refractivity contribution in [3.8, 4) is 89.3 Å². The van der Waals surface area contributed by atoms with Crippen LogP contribution in [0.4, 0.5) is 34.1 Å². The van der Waals surface area contributed by atoms with Gasteiger partial charge >= 0.3 is 0 Å². The number of benzene rings is 20. The van der Waals surface area contributed by atoms with Gasteiger partial charge in [0.2, 0.25) is 0 Å². The lowest BCUT2D eigenvalue weighted by atomic mass is 9.93. The summed E-state index contributed by atoms with van der Waals surface area (Å²) in [5.74, 6) is 0.308. The summed E-state index contributed by atoms with van der Waals surface area (Å²) in [7, 11) is 0. The Bertz CT molecular complexity index is 8640. The van der Waals surface area contributed by atoms with Crippen molar-refractivity contribution in [3.63, 3.8) is 0 Å². The number of hydrogen-bond donors (Lipinski definition) is 0. The SMILES string of the molecule is C1=Cc2ccc3c(oc4c(-c5ccccc5N(c5ccc(-c6cccc(-c7ccccc7)c6)cc5)c5ccc(-n6c7ccccc7c7cc(-c8ccc9ccc(-c%10cccc(-c%11ccc(N(c%12ccc(-n%13c%14ccccc%14c%14ccccc%14%13)cc%12)c%12ccccc%12-c%12cccc%13c%12oc%12c%14ccccc%14ccc%13%12)cc%11)c%10)cc9c8)ccc76)cc5)cccc43)c2[C@@H]2C=C12. The van der Waals surface area contributed by atoms with Crippen LogP contribution in [0.5, 0.6) is 0 Å². The second-order valence-corrected chi connectivity index (χ2v) is 33.7. The molecule has 26 rings (SSSR count). The third-order valence-corrected chi connectivity index (χ3v) is 26.6. The van der Waals surface area contributed by atoms with E-state index in [0.717, 1.165) is 178 Å². The number of nitrogens with zero attached hydrogens (tertiary/aromatic N) is 4. The summed E-state index contributed by atoms with van der Waals surface area (Å²) in [6.07, 6.45) is 6.82. The molecule has 0 bridgehead atoms. The maximum atomic E-state index is 7.17. The number of para-hydroxylation sites is 7. The highest BCUT2D eigenvalue weighted by atomic mass is 16.3. The molecule has 0 spiro atoms. The lowest BCUT2D eigenvalue weighted by Gasteiger charge is -2.28. The molecule has 24 aromatic rings. The quantitative estimate of drug-likeness (QED) is 0.103. The van der Waals surface area contributed by atoms with Gasteiger partial charge in [-0.05, 0) is 235 Å². The first-order valence-corrected chi connectivity index (χ1v) is 43.7. The summed E-state index contributed by atoms with van der Waals surface area (Å²) in [5, 5.41) is 14.0. The van der Waals surface area contributed by atoms with Crippen LogP contribution < -0.4 is 9.80 Å². The van der Waals surface area contributed by atoms with Gasteiger partial charge in [-0.2, -0.15) is 0 Å². The highest BCUT2D eigenvalue weighted by Gasteiger charge is 2.34. The minimum absolute atomic E-state index is 0.308. The molecule has 0 N–H and O–H groups in total. The molecule has 592 valence electrons. The molecule has 127 heavy (non-hydrogen) atoms. The third kappa shape index (κ3) is 11.9. The lowest BCUT2D eigenvalue weighted by molar-refractivity contribution is 0.664. The van der Waals surface area contributed by atoms with E-state index in [1.54, 1.807) is 0 Å². The number of allylic oxidation sites excluding steroid dienone is 3. The van der Waals surface area contributed by atoms with Gasteiger partial charge in [0.1, 0.15) is 22.3 Å². The van der Waals surface area contributed by atoms with Crippen molar-refractivity contribution in [2.45, 2.75) is 5.92 Å². The fraction of sp³-hybridized carbons (Fsp3) is 0.00826. The second-order valence-electron chi connectivity index (χ2n) is 33.7. The van der Waals surface area contributed by atoms with Crippen LogP contribution in [-0.2, 0) is 0 Å². The van der Waals surface area contributed by atoms with Crippen LogP contribution in [-0.4, -0.2) is 9.13 Å². The minimum Gasteiger partial charge on any atom is -0.455 e. The zero-order chi connectivity index (χ0) is 83.3. The first-order valence-electron chi connectivity index (χ1n) is 43.7. The average Bonchev–Trinajstić information content (AvgIpc) is 1.39. The van der Waals surface area contributed by atoms with Crippen LogP contribution in [0.2, 0.25) is 0 Å². The fourth-order valence-electron chi connectivity index (χ4n) is 20.4. The van der Waals surface area contributed by atoms with E-state index in [9.17, 15) is 0 Å². The molecule has 0 saturated carbocycles. The van der Waals surface area contributed by atoms with Crippen molar-refractivity contribution < 1.29 is 8.83 Å². The standard InChI is InChI=1S/C121H76N4O2/c1-2-20-76(21-3-1)82-23-16-24-83(70-82)77-48-55-91(56-49-77)123(112-38-12-9-31-101(112)104-34-19-36-106-108-68-53-81-44-47-89-75-109(89)117(81)121(108)127-120(104)106)94-61-65-96(66-62-94)125-115-41-15-10-32-102(115)110-74-88(54-69-116(110)125)87-46-43-79-42-45-86(72-90(79)73-87)85-26-17-25-84(71-85)78-50-57-92(58-51-78)122(93-59-63-95(64-60-93)124-113-39-13-6-28-98(113)99-29-7-14-40-114(99)124)111-37-11-8-30-100(111)103-33-18-35-105-107-67-52-80-22-4-5-27-97(80)118(107)126-119(103)105/h1-75,109H/t109-/m1/s1. The summed E-state index contributed by atoms with van der Waals surface area (Å²) in [4.78, 5) is 4.81. The predicted molar refractivity (Wildman–Crippen MR) is 532 cm³/mol. The van der Waals surface area contributed by atoms with Crippen LogP contribution in [0.25, 0.3) is 204 Å². The summed E-state index contributed by atoms with van der Waals surface area (Å²) in [6.45, 7) is 0. The van der Waals surface area contributed by atoms with Gasteiger partial charge in [-0.1, -0.05) is 303 Å². The van der Waals surface area contributed by atoms with Crippen molar-refractivity contribution in [2.75, 3.05) is 9.80 Å². The largest absolute Gasteiger partial charge is 0.455 e. The molecule has 0 unspecified atom stereocenters. The first-order chi connectivity index (χ1) is 62.9. The molecule has 6 nitrogen and oxygen atoms in total. The number of fused-ring (bicyclic) bond motifs is 19. The topological polar surface area (TPSA) is 42.6 Å². The molecule has 0 radical (unpaired) electrons. The number of aromatic nitrogens is 2. The van der Waals surface area contributed by atoms with Crippen LogP contribution in [0.3, 0.4) is 0 Å². The Morgan fingerprint density at radius 2 is 0.583 bits per heavy atom. The van der Waals surface area contributed by atoms with Crippen LogP contribution in [0.15, 0.2) is 463 Å². The Hall–Kier alpha value is -16.8. The van der Waals surface area contributed by atoms with Gasteiger partial charge in [-0.3, -0.25) is 0 Å². The minimum atomic E-state index is 0.308. The molecule has 6 heteroatoms. The lowest BCUT2D eigenvalue weighted by Crippen LogP contribution is -2.11. The maximum Gasteiger partial charge on any atom is 0.143 e. The average molecular weight is 1620 g/mol. The van der Waals surface area contributed by atoms with Gasteiger partial charge in [-0.25, -0.2) is 0 Å². The summed E-state index contributed by atoms with van der Waals surface area (Å²) < 4.78 is 19.0. The molecule has 4 heterocycles. The van der Waals surface area contributed by atoms with E-state index in [0.29, 0.717) is 5.92 Å². The Morgan fingerprint density at radius 1 is 0.213 bits per heavy atom. The Balaban J connectivity index is 0.525. The van der Waals surface area contributed by atoms with E-state index >= 15 is 0 Å². The van der Waals surface area contributed by atoms with Crippen molar-refractivity contribution >= 4 is 149 Å². The van der Waals surface area contributed by atoms with Gasteiger partial charge in [0.05, 0.1) is 33.4 Å². The molecular weight excluding hydrogens is 1540 g/mol. The zero-order valence-corrected chi connectivity index (χ0v) is 69.0. The summed E-state index contributed by atoms with van der Waals surface area (Å²) >= 11 is 0. The molecule has 2 aliphatic carbocycles. The Labute approximate surface area is 732 Å². The molecule has 2 aliphatic rings. The van der Waals surface area contributed by atoms with E-state index in [4.69, 9.17) is 8.83 Å². The van der Waals surface area contributed by atoms with Crippen molar-refractivity contribution in [1.82, 2.24) is 9.13 Å². The van der Waals surface area contributed by atoms with Crippen molar-refractivity contribution in [2.24, 2.45) is 0 Å². The van der Waals surface area contributed by atoms with E-state index < -0.39 is 0 Å². The molecule has 20 aromatic carbocycles. The highest BCUT2D eigenvalue weighted by Crippen LogP contribution is 2.53. The van der Waals surface area contributed by atoms with Gasteiger partial charge < -0.3 is 27.8 Å². The zero-order valence-electron chi connectivity index (χ0n) is 69.0. The monoisotopic (exact) mass is 1620 g/mol. The predicted octanol–water partition coefficient (Wildman–Crippen LogP) is 33.6. The van der Waals surface area contributed by atoms with E-state index in [1.807, 2.05) is 0 Å². The van der Waals surface area contributed by atoms with E-state index in [2.05, 4.69) is 474 Å². The van der Waals surface area contributed by atoms with Crippen molar-refractivity contribution in [1.29, 1.82) is 0 Å². The number of anilines is 6. The molecule has 1 atom stereocenters. The van der Waals surface area contributed by atoms with Crippen LogP contribution in [0, 0.1) is 0 Å². The smallest absolute Gasteiger partial charge is 0.143 e. The van der Waals surface area contributed by atoms with Gasteiger partial charge in [0.25, 0.3) is 0 Å². The van der Waals surface area contributed by atoms with Gasteiger partial charge in [-0.15, -0.1) is 0 Å². The van der Waals surface area contributed by atoms with E-state index in [1.165, 1.54) is 71.2 Å². The third-order valence-electron chi connectivity index (χ3n) is 26.6. The summed E-state index contributed by atoms with van der Waals surface area (Å²) in [6, 6.07) is 160. The molecule has 4 aromatic heterocycles. The van der Waals surface area contributed by atoms with Gasteiger partial charge in [0, 0.05) is 116 Å². The van der Waals surface area contributed by atoms with Crippen LogP contribution in [0.1, 0.15) is 17.0 Å². The molecule has 0 fully saturated rings. The number of hydrogen-bond acceptors (Lipinski definition) is 4. The normalized spacial score (nSPS) is 13.0. The highest BCUT2D eigenvalue weighted by molar-refractivity contribution is 6.19. The number of furan rings is 2. The Kier molecular flexibility index (Phi) is 16.4. The maximum absolute atomic E-state index is 7.17. The van der Waals surface area contributed by atoms with Gasteiger partial charge in [0.15, 0.2) is 0 Å². The fourth-order valence-corrected chi connectivity index (χ4v) is 20.4.